The second kappa shape index (κ2) is 6.03. The van der Waals surface area contributed by atoms with Gasteiger partial charge in [0.25, 0.3) is 5.91 Å². The summed E-state index contributed by atoms with van der Waals surface area (Å²) in [5.41, 5.74) is 3.76. The van der Waals surface area contributed by atoms with Crippen LogP contribution in [0.15, 0.2) is 23.3 Å². The number of carbonyl (C=O) groups is 1. The Kier molecular flexibility index (Phi) is 4.97. The Morgan fingerprint density at radius 3 is 2.47 bits per heavy atom. The maximum Gasteiger partial charge on any atom is 0.271 e. The third kappa shape index (κ3) is 4.02. The molecule has 3 nitrogen and oxygen atoms in total. The number of hydrogen-bond donors (Lipinski definition) is 1. The number of hydrogen-bond acceptors (Lipinski definition) is 2. The lowest BCUT2D eigenvalue weighted by Crippen LogP contribution is -2.20. The van der Waals surface area contributed by atoms with Gasteiger partial charge in [0.2, 0.25) is 0 Å². The summed E-state index contributed by atoms with van der Waals surface area (Å²) < 4.78 is 0. The Hall–Kier alpha value is -1.06. The molecule has 0 unspecified atom stereocenters. The number of halogens is 2. The molecule has 0 saturated carbocycles. The van der Waals surface area contributed by atoms with Gasteiger partial charge in [0.05, 0.1) is 10.0 Å². The van der Waals surface area contributed by atoms with Crippen LogP contribution >= 0.6 is 23.2 Å². The van der Waals surface area contributed by atoms with Crippen LogP contribution in [0.5, 0.6) is 0 Å². The first-order valence-corrected chi connectivity index (χ1v) is 5.97. The normalized spacial score (nSPS) is 11.8. The van der Waals surface area contributed by atoms with Crippen LogP contribution in [0.4, 0.5) is 0 Å². The first-order valence-electron chi connectivity index (χ1n) is 5.21. The third-order valence-corrected chi connectivity index (χ3v) is 3.09. The molecule has 0 bridgehead atoms. The number of nitrogens with zero attached hydrogens (tertiary/aromatic N) is 1. The number of carbonyl (C=O) groups excluding carboxylic acids is 1. The van der Waals surface area contributed by atoms with Gasteiger partial charge in [0, 0.05) is 11.3 Å². The minimum atomic E-state index is -0.302. The fraction of sp³-hybridized carbons (Fsp3) is 0.333. The Morgan fingerprint density at radius 1 is 1.29 bits per heavy atom. The minimum absolute atomic E-state index is 0.295. The highest BCUT2D eigenvalue weighted by Gasteiger charge is 2.07. The molecular formula is C12H14Cl2N2O. The van der Waals surface area contributed by atoms with E-state index in [2.05, 4.69) is 10.5 Å². The molecule has 0 spiro atoms. The molecule has 0 aliphatic carbocycles. The number of benzene rings is 1. The lowest BCUT2D eigenvalue weighted by Gasteiger charge is -2.05. The van der Waals surface area contributed by atoms with E-state index in [4.69, 9.17) is 23.2 Å². The quantitative estimate of drug-likeness (QED) is 0.661. The molecule has 5 heteroatoms. The zero-order valence-corrected chi connectivity index (χ0v) is 11.4. The largest absolute Gasteiger partial charge is 0.271 e. The molecule has 1 aromatic rings. The first kappa shape index (κ1) is 14.0. The van der Waals surface area contributed by atoms with Crippen LogP contribution in [-0.2, 0) is 0 Å². The van der Waals surface area contributed by atoms with E-state index in [1.54, 1.807) is 12.1 Å². The van der Waals surface area contributed by atoms with Crippen molar-refractivity contribution in [1.29, 1.82) is 0 Å². The molecule has 17 heavy (non-hydrogen) atoms. The summed E-state index contributed by atoms with van der Waals surface area (Å²) in [4.78, 5) is 11.7. The topological polar surface area (TPSA) is 41.5 Å². The molecular weight excluding hydrogens is 259 g/mol. The standard InChI is InChI=1S/C12H14Cl2N2O/c1-7(2)8(3)15-16-12(17)9-4-5-10(13)11(14)6-9/h4-7H,1-3H3,(H,16,17). The average Bonchev–Trinajstić information content (AvgIpc) is 2.28. The van der Waals surface area contributed by atoms with Gasteiger partial charge in [0.15, 0.2) is 0 Å². The molecule has 0 atom stereocenters. The van der Waals surface area contributed by atoms with E-state index in [-0.39, 0.29) is 5.91 Å². The second-order valence-corrected chi connectivity index (χ2v) is 4.79. The molecule has 0 aliphatic heterocycles. The average molecular weight is 273 g/mol. The van der Waals surface area contributed by atoms with E-state index in [0.29, 0.717) is 21.5 Å². The van der Waals surface area contributed by atoms with Crippen LogP contribution < -0.4 is 5.43 Å². The third-order valence-electron chi connectivity index (χ3n) is 2.35. The predicted molar refractivity (Wildman–Crippen MR) is 71.9 cm³/mol. The van der Waals surface area contributed by atoms with Crippen molar-refractivity contribution >= 4 is 34.8 Å². The monoisotopic (exact) mass is 272 g/mol. The van der Waals surface area contributed by atoms with E-state index < -0.39 is 0 Å². The molecule has 1 aromatic carbocycles. The summed E-state index contributed by atoms with van der Waals surface area (Å²) in [6.07, 6.45) is 0. The Bertz CT molecular complexity index is 456. The van der Waals surface area contributed by atoms with Crippen molar-refractivity contribution in [2.75, 3.05) is 0 Å². The van der Waals surface area contributed by atoms with Gasteiger partial charge >= 0.3 is 0 Å². The molecule has 1 rings (SSSR count). The number of hydrazone groups is 1. The van der Waals surface area contributed by atoms with Crippen LogP contribution in [0, 0.1) is 5.92 Å². The Morgan fingerprint density at radius 2 is 1.94 bits per heavy atom. The summed E-state index contributed by atoms with van der Waals surface area (Å²) in [5, 5.41) is 4.77. The molecule has 0 aromatic heterocycles. The zero-order valence-electron chi connectivity index (χ0n) is 9.92. The highest BCUT2D eigenvalue weighted by atomic mass is 35.5. The van der Waals surface area contributed by atoms with Crippen LogP contribution in [0.25, 0.3) is 0 Å². The zero-order chi connectivity index (χ0) is 13.0. The van der Waals surface area contributed by atoms with Gasteiger partial charge in [0.1, 0.15) is 0 Å². The lowest BCUT2D eigenvalue weighted by molar-refractivity contribution is 0.0954. The number of nitrogens with one attached hydrogen (secondary N) is 1. The predicted octanol–water partition coefficient (Wildman–Crippen LogP) is 3.76. The molecule has 0 heterocycles. The summed E-state index contributed by atoms with van der Waals surface area (Å²) >= 11 is 11.6. The summed E-state index contributed by atoms with van der Waals surface area (Å²) in [6.45, 7) is 5.87. The van der Waals surface area contributed by atoms with Crippen LogP contribution in [0.1, 0.15) is 31.1 Å². The van der Waals surface area contributed by atoms with Crippen LogP contribution in [0.3, 0.4) is 0 Å². The summed E-state index contributed by atoms with van der Waals surface area (Å²) in [5.74, 6) is -0.00678. The van der Waals surface area contributed by atoms with Gasteiger partial charge in [-0.15, -0.1) is 0 Å². The van der Waals surface area contributed by atoms with Crippen molar-refractivity contribution in [3.63, 3.8) is 0 Å². The van der Waals surface area contributed by atoms with E-state index in [9.17, 15) is 4.79 Å². The maximum atomic E-state index is 11.7. The smallest absolute Gasteiger partial charge is 0.267 e. The van der Waals surface area contributed by atoms with Crippen LogP contribution in [0.2, 0.25) is 10.0 Å². The highest BCUT2D eigenvalue weighted by Crippen LogP contribution is 2.22. The van der Waals surface area contributed by atoms with Gasteiger partial charge in [-0.25, -0.2) is 5.43 Å². The SMILES string of the molecule is CC(=NNC(=O)c1ccc(Cl)c(Cl)c1)C(C)C. The fourth-order valence-electron chi connectivity index (χ4n) is 0.970. The molecule has 1 amide bonds. The molecule has 0 aliphatic rings. The van der Waals surface area contributed by atoms with Crippen molar-refractivity contribution < 1.29 is 4.79 Å². The van der Waals surface area contributed by atoms with Crippen molar-refractivity contribution in [2.24, 2.45) is 11.0 Å². The van der Waals surface area contributed by atoms with Crippen molar-refractivity contribution in [3.05, 3.63) is 33.8 Å². The van der Waals surface area contributed by atoms with E-state index in [1.165, 1.54) is 6.07 Å². The molecule has 92 valence electrons. The van der Waals surface area contributed by atoms with E-state index in [0.717, 1.165) is 5.71 Å². The number of amides is 1. The van der Waals surface area contributed by atoms with Crippen molar-refractivity contribution in [3.8, 4) is 0 Å². The van der Waals surface area contributed by atoms with Gasteiger partial charge in [-0.05, 0) is 31.0 Å². The molecule has 0 saturated heterocycles. The van der Waals surface area contributed by atoms with Gasteiger partial charge in [-0.1, -0.05) is 37.0 Å². The minimum Gasteiger partial charge on any atom is -0.267 e. The van der Waals surface area contributed by atoms with Gasteiger partial charge in [-0.2, -0.15) is 5.10 Å². The second-order valence-electron chi connectivity index (χ2n) is 3.98. The van der Waals surface area contributed by atoms with Crippen molar-refractivity contribution in [2.45, 2.75) is 20.8 Å². The summed E-state index contributed by atoms with van der Waals surface area (Å²) in [6, 6.07) is 4.70. The Labute approximate surface area is 111 Å². The molecule has 1 N–H and O–H groups in total. The van der Waals surface area contributed by atoms with E-state index >= 15 is 0 Å². The van der Waals surface area contributed by atoms with Gasteiger partial charge < -0.3 is 0 Å². The van der Waals surface area contributed by atoms with Gasteiger partial charge in [-0.3, -0.25) is 4.79 Å². The molecule has 0 fully saturated rings. The lowest BCUT2D eigenvalue weighted by atomic mass is 10.1. The summed E-state index contributed by atoms with van der Waals surface area (Å²) in [7, 11) is 0. The first-order chi connectivity index (χ1) is 7.91. The van der Waals surface area contributed by atoms with Crippen LogP contribution in [-0.4, -0.2) is 11.6 Å². The highest BCUT2D eigenvalue weighted by molar-refractivity contribution is 6.42. The molecule has 0 radical (unpaired) electrons. The number of rotatable bonds is 3. The van der Waals surface area contributed by atoms with E-state index in [1.807, 2.05) is 20.8 Å². The Balaban J connectivity index is 2.77. The fourth-order valence-corrected chi connectivity index (χ4v) is 1.27. The van der Waals surface area contributed by atoms with Crippen molar-refractivity contribution in [1.82, 2.24) is 5.43 Å². The maximum absolute atomic E-state index is 11.7.